The number of rotatable bonds is 1. The van der Waals surface area contributed by atoms with Gasteiger partial charge in [-0.05, 0) is 36.6 Å². The van der Waals surface area contributed by atoms with E-state index < -0.39 is 5.60 Å². The second-order valence-electron chi connectivity index (χ2n) is 4.49. The molecule has 1 saturated heterocycles. The molecule has 1 aromatic carbocycles. The summed E-state index contributed by atoms with van der Waals surface area (Å²) in [4.78, 5) is 3.25. The van der Waals surface area contributed by atoms with Gasteiger partial charge in [0.2, 0.25) is 0 Å². The molecule has 0 radical (unpaired) electrons. The highest BCUT2D eigenvalue weighted by Crippen LogP contribution is 2.30. The lowest BCUT2D eigenvalue weighted by Gasteiger charge is -2.19. The SMILES string of the molecule is Nc1ccc2cc(C3(O)CCNC3)[nH]c2c1. The summed E-state index contributed by atoms with van der Waals surface area (Å²) in [5.41, 5.74) is 7.56. The molecule has 4 heteroatoms. The number of β-amino-alcohol motifs (C(OH)–C–C–N with tert-alkyl or cyclic N) is 1. The van der Waals surface area contributed by atoms with Crippen molar-refractivity contribution >= 4 is 16.6 Å². The molecule has 16 heavy (non-hydrogen) atoms. The summed E-state index contributed by atoms with van der Waals surface area (Å²) in [5, 5.41) is 14.7. The third kappa shape index (κ3) is 1.38. The highest BCUT2D eigenvalue weighted by molar-refractivity contribution is 5.83. The van der Waals surface area contributed by atoms with Crippen molar-refractivity contribution in [1.82, 2.24) is 10.3 Å². The fourth-order valence-corrected chi connectivity index (χ4v) is 2.30. The molecule has 1 unspecified atom stereocenters. The molecule has 1 fully saturated rings. The predicted molar refractivity (Wildman–Crippen MR) is 64.1 cm³/mol. The lowest BCUT2D eigenvalue weighted by molar-refractivity contribution is 0.0549. The van der Waals surface area contributed by atoms with Gasteiger partial charge in [-0.2, -0.15) is 0 Å². The Kier molecular flexibility index (Phi) is 1.96. The average molecular weight is 217 g/mol. The van der Waals surface area contributed by atoms with Crippen molar-refractivity contribution in [2.45, 2.75) is 12.0 Å². The lowest BCUT2D eigenvalue weighted by Crippen LogP contribution is -2.28. The van der Waals surface area contributed by atoms with Gasteiger partial charge in [-0.3, -0.25) is 0 Å². The molecular weight excluding hydrogens is 202 g/mol. The zero-order valence-electron chi connectivity index (χ0n) is 8.96. The number of nitrogens with two attached hydrogens (primary N) is 1. The largest absolute Gasteiger partial charge is 0.399 e. The van der Waals surface area contributed by atoms with E-state index in [0.29, 0.717) is 6.54 Å². The predicted octanol–water partition coefficient (Wildman–Crippen LogP) is 0.931. The van der Waals surface area contributed by atoms with E-state index in [1.54, 1.807) is 0 Å². The number of nitrogen functional groups attached to an aromatic ring is 1. The van der Waals surface area contributed by atoms with Crippen molar-refractivity contribution in [2.24, 2.45) is 0 Å². The van der Waals surface area contributed by atoms with Crippen LogP contribution >= 0.6 is 0 Å². The second-order valence-corrected chi connectivity index (χ2v) is 4.49. The molecule has 5 N–H and O–H groups in total. The first-order valence-electron chi connectivity index (χ1n) is 5.49. The van der Waals surface area contributed by atoms with Crippen LogP contribution in [0.15, 0.2) is 24.3 Å². The molecule has 3 rings (SSSR count). The van der Waals surface area contributed by atoms with Crippen LogP contribution in [0, 0.1) is 0 Å². The summed E-state index contributed by atoms with van der Waals surface area (Å²) in [6, 6.07) is 7.74. The molecule has 1 aromatic heterocycles. The molecule has 1 atom stereocenters. The Bertz CT molecular complexity index is 526. The summed E-state index contributed by atoms with van der Waals surface area (Å²) >= 11 is 0. The van der Waals surface area contributed by atoms with Gasteiger partial charge in [0.15, 0.2) is 0 Å². The van der Waals surface area contributed by atoms with E-state index >= 15 is 0 Å². The number of benzene rings is 1. The van der Waals surface area contributed by atoms with Crippen LogP contribution in [0.4, 0.5) is 5.69 Å². The summed E-state index contributed by atoms with van der Waals surface area (Å²) in [7, 11) is 0. The van der Waals surface area contributed by atoms with Crippen LogP contribution in [0.5, 0.6) is 0 Å². The molecule has 0 aliphatic carbocycles. The van der Waals surface area contributed by atoms with Crippen LogP contribution < -0.4 is 11.1 Å². The number of fused-ring (bicyclic) bond motifs is 1. The number of anilines is 1. The maximum Gasteiger partial charge on any atom is 0.118 e. The monoisotopic (exact) mass is 217 g/mol. The van der Waals surface area contributed by atoms with Gasteiger partial charge >= 0.3 is 0 Å². The molecule has 4 nitrogen and oxygen atoms in total. The standard InChI is InChI=1S/C12H15N3O/c13-9-2-1-8-5-11(15-10(8)6-9)12(16)3-4-14-7-12/h1-2,5-6,14-16H,3-4,7,13H2. The van der Waals surface area contributed by atoms with Gasteiger partial charge in [-0.15, -0.1) is 0 Å². The zero-order valence-corrected chi connectivity index (χ0v) is 8.96. The van der Waals surface area contributed by atoms with E-state index in [1.807, 2.05) is 24.3 Å². The minimum absolute atomic E-state index is 0.606. The van der Waals surface area contributed by atoms with E-state index in [-0.39, 0.29) is 0 Å². The zero-order chi connectivity index (χ0) is 11.2. The van der Waals surface area contributed by atoms with Gasteiger partial charge in [0.05, 0.1) is 0 Å². The first kappa shape index (κ1) is 9.69. The Morgan fingerprint density at radius 3 is 2.94 bits per heavy atom. The number of nitrogens with one attached hydrogen (secondary N) is 2. The summed E-state index contributed by atoms with van der Waals surface area (Å²) < 4.78 is 0. The normalized spacial score (nSPS) is 25.3. The number of hydrogen-bond donors (Lipinski definition) is 4. The third-order valence-electron chi connectivity index (χ3n) is 3.28. The van der Waals surface area contributed by atoms with Crippen molar-refractivity contribution in [3.63, 3.8) is 0 Å². The molecule has 1 aliphatic heterocycles. The molecule has 84 valence electrons. The third-order valence-corrected chi connectivity index (χ3v) is 3.28. The quantitative estimate of drug-likeness (QED) is 0.537. The van der Waals surface area contributed by atoms with E-state index in [2.05, 4.69) is 10.3 Å². The molecule has 2 aromatic rings. The summed E-state index contributed by atoms with van der Waals surface area (Å²) in [6.45, 7) is 1.46. The maximum absolute atomic E-state index is 10.4. The van der Waals surface area contributed by atoms with Crippen LogP contribution in [-0.2, 0) is 5.60 Å². The number of aromatic amines is 1. The lowest BCUT2D eigenvalue weighted by atomic mass is 9.99. The van der Waals surface area contributed by atoms with Crippen LogP contribution in [0.3, 0.4) is 0 Å². The maximum atomic E-state index is 10.4. The first-order valence-corrected chi connectivity index (χ1v) is 5.49. The number of H-pyrrole nitrogens is 1. The summed E-state index contributed by atoms with van der Waals surface area (Å²) in [5.74, 6) is 0. The Balaban J connectivity index is 2.11. The van der Waals surface area contributed by atoms with E-state index in [0.717, 1.165) is 35.2 Å². The van der Waals surface area contributed by atoms with Crippen molar-refractivity contribution in [2.75, 3.05) is 18.8 Å². The Morgan fingerprint density at radius 2 is 2.19 bits per heavy atom. The Hall–Kier alpha value is -1.52. The van der Waals surface area contributed by atoms with Crippen molar-refractivity contribution < 1.29 is 5.11 Å². The number of aliphatic hydroxyl groups is 1. The van der Waals surface area contributed by atoms with E-state index in [9.17, 15) is 5.11 Å². The van der Waals surface area contributed by atoms with Crippen molar-refractivity contribution in [3.05, 3.63) is 30.0 Å². The topological polar surface area (TPSA) is 74.1 Å². The van der Waals surface area contributed by atoms with Gasteiger partial charge < -0.3 is 21.1 Å². The van der Waals surface area contributed by atoms with Crippen LogP contribution in [0.25, 0.3) is 10.9 Å². The van der Waals surface area contributed by atoms with Crippen molar-refractivity contribution in [1.29, 1.82) is 0 Å². The Morgan fingerprint density at radius 1 is 1.31 bits per heavy atom. The van der Waals surface area contributed by atoms with E-state index in [4.69, 9.17) is 5.73 Å². The molecular formula is C12H15N3O. The van der Waals surface area contributed by atoms with Crippen molar-refractivity contribution in [3.8, 4) is 0 Å². The molecule has 0 spiro atoms. The number of aromatic nitrogens is 1. The van der Waals surface area contributed by atoms with Gasteiger partial charge in [-0.25, -0.2) is 0 Å². The van der Waals surface area contributed by atoms with Crippen LogP contribution in [0.1, 0.15) is 12.1 Å². The molecule has 0 amide bonds. The minimum Gasteiger partial charge on any atom is -0.399 e. The smallest absolute Gasteiger partial charge is 0.118 e. The van der Waals surface area contributed by atoms with Gasteiger partial charge in [-0.1, -0.05) is 6.07 Å². The molecule has 1 aliphatic rings. The van der Waals surface area contributed by atoms with Gasteiger partial charge in [0.25, 0.3) is 0 Å². The fourth-order valence-electron chi connectivity index (χ4n) is 2.30. The van der Waals surface area contributed by atoms with Crippen LogP contribution in [-0.4, -0.2) is 23.2 Å². The highest BCUT2D eigenvalue weighted by Gasteiger charge is 2.34. The molecule has 0 saturated carbocycles. The minimum atomic E-state index is -0.756. The first-order chi connectivity index (χ1) is 7.67. The highest BCUT2D eigenvalue weighted by atomic mass is 16.3. The second kappa shape index (κ2) is 3.23. The fraction of sp³-hybridized carbons (Fsp3) is 0.333. The molecule has 0 bridgehead atoms. The van der Waals surface area contributed by atoms with Crippen LogP contribution in [0.2, 0.25) is 0 Å². The van der Waals surface area contributed by atoms with Gasteiger partial charge in [0.1, 0.15) is 5.60 Å². The Labute approximate surface area is 93.5 Å². The summed E-state index contributed by atoms with van der Waals surface area (Å²) in [6.07, 6.45) is 0.745. The molecule has 2 heterocycles. The number of hydrogen-bond acceptors (Lipinski definition) is 3. The van der Waals surface area contributed by atoms with E-state index in [1.165, 1.54) is 0 Å². The average Bonchev–Trinajstić information content (AvgIpc) is 2.84. The van der Waals surface area contributed by atoms with Gasteiger partial charge in [0, 0.05) is 23.4 Å².